The second-order valence-corrected chi connectivity index (χ2v) is 6.15. The van der Waals surface area contributed by atoms with Crippen LogP contribution in [0.4, 0.5) is 4.79 Å². The van der Waals surface area contributed by atoms with Gasteiger partial charge in [0.05, 0.1) is 6.54 Å². The van der Waals surface area contributed by atoms with Crippen molar-refractivity contribution in [2.45, 2.75) is 26.4 Å². The smallest absolute Gasteiger partial charge is 0.415 e. The average molecular weight is 301 g/mol. The third kappa shape index (κ3) is 2.93. The summed E-state index contributed by atoms with van der Waals surface area (Å²) in [6.45, 7) is 6.39. The highest BCUT2D eigenvalue weighted by atomic mass is 16.6. The molecule has 2 aromatic rings. The Morgan fingerprint density at radius 3 is 2.77 bits per heavy atom. The van der Waals surface area contributed by atoms with Crippen LogP contribution in [0, 0.1) is 0 Å². The molecule has 0 unspecified atom stereocenters. The highest BCUT2D eigenvalue weighted by Gasteiger charge is 2.29. The third-order valence-corrected chi connectivity index (χ3v) is 3.21. The fourth-order valence-electron chi connectivity index (χ4n) is 2.27. The predicted octanol–water partition coefficient (Wildman–Crippen LogP) is 4.00. The summed E-state index contributed by atoms with van der Waals surface area (Å²) in [5, 5.41) is 0.980. The summed E-state index contributed by atoms with van der Waals surface area (Å²) in [6, 6.07) is 9.60. The molecule has 0 atom stereocenters. The fraction of sp³-hybridized carbons (Fsp3) is 0.353. The average Bonchev–Trinajstić information content (AvgIpc) is 2.89. The van der Waals surface area contributed by atoms with Crippen molar-refractivity contribution < 1.29 is 18.7 Å². The van der Waals surface area contributed by atoms with Crippen molar-refractivity contribution in [3.8, 4) is 0 Å². The van der Waals surface area contributed by atoms with Crippen LogP contribution in [0.5, 0.6) is 0 Å². The Morgan fingerprint density at radius 2 is 2.05 bits per heavy atom. The number of ether oxygens (including phenoxy) is 2. The summed E-state index contributed by atoms with van der Waals surface area (Å²) in [7, 11) is 0. The van der Waals surface area contributed by atoms with E-state index in [2.05, 4.69) is 0 Å². The van der Waals surface area contributed by atoms with E-state index in [1.807, 2.05) is 51.1 Å². The molecule has 0 spiro atoms. The van der Waals surface area contributed by atoms with Gasteiger partial charge in [-0.3, -0.25) is 4.90 Å². The second-order valence-electron chi connectivity index (χ2n) is 6.15. The zero-order valence-electron chi connectivity index (χ0n) is 13.0. The first kappa shape index (κ1) is 14.5. The Labute approximate surface area is 129 Å². The van der Waals surface area contributed by atoms with E-state index in [4.69, 9.17) is 13.9 Å². The van der Waals surface area contributed by atoms with Crippen molar-refractivity contribution in [1.82, 2.24) is 4.90 Å². The number of carbonyl (C=O) groups excluding carboxylic acids is 1. The minimum absolute atomic E-state index is 0.400. The SMILES string of the molecule is CC(C)(C)OC(=O)N1CCOC=C1c1cc2ccccc2o1. The topological polar surface area (TPSA) is 51.9 Å². The lowest BCUT2D eigenvalue weighted by Crippen LogP contribution is -2.39. The molecule has 1 aromatic heterocycles. The standard InChI is InChI=1S/C17H19NO4/c1-17(2,3)22-16(19)18-8-9-20-11-13(18)15-10-12-6-4-5-7-14(12)21-15/h4-7,10-11H,8-9H2,1-3H3. The van der Waals surface area contributed by atoms with Crippen LogP contribution in [0.3, 0.4) is 0 Å². The lowest BCUT2D eigenvalue weighted by molar-refractivity contribution is 0.0292. The number of carbonyl (C=O) groups is 1. The van der Waals surface area contributed by atoms with Crippen LogP contribution in [-0.2, 0) is 9.47 Å². The summed E-state index contributed by atoms with van der Waals surface area (Å²) >= 11 is 0. The monoisotopic (exact) mass is 301 g/mol. The number of hydrogen-bond donors (Lipinski definition) is 0. The number of fused-ring (bicyclic) bond motifs is 1. The summed E-state index contributed by atoms with van der Waals surface area (Å²) in [5.74, 6) is 0.590. The van der Waals surface area contributed by atoms with Crippen molar-refractivity contribution in [3.05, 3.63) is 42.4 Å². The quantitative estimate of drug-likeness (QED) is 0.799. The molecule has 0 saturated heterocycles. The number of rotatable bonds is 1. The molecular formula is C17H19NO4. The molecule has 5 heteroatoms. The van der Waals surface area contributed by atoms with Gasteiger partial charge in [-0.05, 0) is 32.9 Å². The maximum absolute atomic E-state index is 12.4. The van der Waals surface area contributed by atoms with Gasteiger partial charge in [-0.15, -0.1) is 0 Å². The van der Waals surface area contributed by atoms with E-state index in [0.29, 0.717) is 24.6 Å². The summed E-state index contributed by atoms with van der Waals surface area (Å²) in [6.07, 6.45) is 1.15. The van der Waals surface area contributed by atoms with E-state index in [1.165, 1.54) is 0 Å². The minimum Gasteiger partial charge on any atom is -0.497 e. The molecule has 1 aliphatic rings. The van der Waals surface area contributed by atoms with Crippen molar-refractivity contribution in [2.75, 3.05) is 13.2 Å². The highest BCUT2D eigenvalue weighted by Crippen LogP contribution is 2.29. The lowest BCUT2D eigenvalue weighted by atomic mass is 10.2. The van der Waals surface area contributed by atoms with E-state index >= 15 is 0 Å². The zero-order chi connectivity index (χ0) is 15.7. The number of hydrogen-bond acceptors (Lipinski definition) is 4. The number of nitrogens with zero attached hydrogens (tertiary/aromatic N) is 1. The van der Waals surface area contributed by atoms with E-state index in [-0.39, 0.29) is 0 Å². The molecule has 22 heavy (non-hydrogen) atoms. The van der Waals surface area contributed by atoms with Gasteiger partial charge in [-0.25, -0.2) is 4.79 Å². The molecule has 0 saturated carbocycles. The number of benzene rings is 1. The molecule has 3 rings (SSSR count). The van der Waals surface area contributed by atoms with Crippen LogP contribution in [0.15, 0.2) is 41.0 Å². The van der Waals surface area contributed by atoms with Gasteiger partial charge < -0.3 is 13.9 Å². The molecule has 1 amide bonds. The van der Waals surface area contributed by atoms with Gasteiger partial charge in [0, 0.05) is 5.39 Å². The minimum atomic E-state index is -0.547. The Balaban J connectivity index is 1.92. The Morgan fingerprint density at radius 1 is 1.27 bits per heavy atom. The molecular weight excluding hydrogens is 282 g/mol. The Bertz CT molecular complexity index is 691. The molecule has 5 nitrogen and oxygen atoms in total. The van der Waals surface area contributed by atoms with Gasteiger partial charge >= 0.3 is 6.09 Å². The van der Waals surface area contributed by atoms with E-state index in [9.17, 15) is 4.79 Å². The summed E-state index contributed by atoms with van der Waals surface area (Å²) in [5.41, 5.74) is 0.804. The molecule has 1 aromatic carbocycles. The van der Waals surface area contributed by atoms with E-state index in [0.717, 1.165) is 11.0 Å². The number of furan rings is 1. The molecule has 0 fully saturated rings. The maximum Gasteiger partial charge on any atom is 0.415 e. The van der Waals surface area contributed by atoms with Crippen LogP contribution in [0.25, 0.3) is 16.7 Å². The van der Waals surface area contributed by atoms with E-state index in [1.54, 1.807) is 11.2 Å². The summed E-state index contributed by atoms with van der Waals surface area (Å²) < 4.78 is 16.6. The zero-order valence-corrected chi connectivity index (χ0v) is 13.0. The third-order valence-electron chi connectivity index (χ3n) is 3.21. The van der Waals surface area contributed by atoms with Gasteiger partial charge in [-0.1, -0.05) is 18.2 Å². The van der Waals surface area contributed by atoms with Crippen LogP contribution in [0.2, 0.25) is 0 Å². The first-order chi connectivity index (χ1) is 10.4. The first-order valence-electron chi connectivity index (χ1n) is 7.25. The van der Waals surface area contributed by atoms with Gasteiger partial charge in [0.25, 0.3) is 0 Å². The van der Waals surface area contributed by atoms with Gasteiger partial charge in [0.1, 0.15) is 29.8 Å². The second kappa shape index (κ2) is 5.40. The first-order valence-corrected chi connectivity index (χ1v) is 7.25. The molecule has 0 aliphatic carbocycles. The molecule has 0 N–H and O–H groups in total. The van der Waals surface area contributed by atoms with Gasteiger partial charge in [-0.2, -0.15) is 0 Å². The van der Waals surface area contributed by atoms with Crippen LogP contribution >= 0.6 is 0 Å². The summed E-state index contributed by atoms with van der Waals surface area (Å²) in [4.78, 5) is 13.9. The molecule has 1 aliphatic heterocycles. The lowest BCUT2D eigenvalue weighted by Gasteiger charge is -2.30. The van der Waals surface area contributed by atoms with Crippen LogP contribution in [-0.4, -0.2) is 29.7 Å². The van der Waals surface area contributed by atoms with E-state index < -0.39 is 11.7 Å². The van der Waals surface area contributed by atoms with Crippen LogP contribution < -0.4 is 0 Å². The van der Waals surface area contributed by atoms with Crippen molar-refractivity contribution >= 4 is 22.8 Å². The molecule has 0 radical (unpaired) electrons. The van der Waals surface area contributed by atoms with Crippen molar-refractivity contribution in [2.24, 2.45) is 0 Å². The maximum atomic E-state index is 12.4. The Kier molecular flexibility index (Phi) is 3.56. The van der Waals surface area contributed by atoms with Gasteiger partial charge in [0.2, 0.25) is 0 Å². The largest absolute Gasteiger partial charge is 0.497 e. The van der Waals surface area contributed by atoms with Crippen LogP contribution in [0.1, 0.15) is 26.5 Å². The number of amides is 1. The van der Waals surface area contributed by atoms with Gasteiger partial charge in [0.15, 0.2) is 5.76 Å². The highest BCUT2D eigenvalue weighted by molar-refractivity contribution is 5.86. The normalized spacial score (nSPS) is 15.4. The fourth-order valence-corrected chi connectivity index (χ4v) is 2.27. The molecule has 0 bridgehead atoms. The number of para-hydroxylation sites is 1. The van der Waals surface area contributed by atoms with Crippen molar-refractivity contribution in [1.29, 1.82) is 0 Å². The predicted molar refractivity (Wildman–Crippen MR) is 83.1 cm³/mol. The Hall–Kier alpha value is -2.43. The molecule has 116 valence electrons. The molecule has 2 heterocycles. The van der Waals surface area contributed by atoms with Crippen molar-refractivity contribution in [3.63, 3.8) is 0 Å².